The molecule has 0 spiro atoms. The highest BCUT2D eigenvalue weighted by atomic mass is 32.1. The minimum atomic E-state index is 0.545. The summed E-state index contributed by atoms with van der Waals surface area (Å²) in [6, 6.07) is 2.13. The molecule has 3 heterocycles. The van der Waals surface area contributed by atoms with Gasteiger partial charge in [0.2, 0.25) is 5.95 Å². The molecule has 0 aliphatic carbocycles. The second-order valence-corrected chi connectivity index (χ2v) is 6.26. The van der Waals surface area contributed by atoms with E-state index in [1.165, 1.54) is 32.1 Å². The smallest absolute Gasteiger partial charge is 0.232 e. The lowest BCUT2D eigenvalue weighted by molar-refractivity contribution is 0.573. The zero-order valence-corrected chi connectivity index (χ0v) is 14.0. The van der Waals surface area contributed by atoms with Crippen LogP contribution in [0.4, 0.5) is 17.6 Å². The molecule has 2 aliphatic rings. The lowest BCUT2D eigenvalue weighted by Crippen LogP contribution is -2.32. The van der Waals surface area contributed by atoms with Crippen molar-refractivity contribution in [2.75, 3.05) is 48.3 Å². The maximum atomic E-state index is 5.19. The number of nitrogens with zero attached hydrogens (tertiary/aromatic N) is 4. The molecule has 0 saturated carbocycles. The van der Waals surface area contributed by atoms with Gasteiger partial charge in [0.25, 0.3) is 0 Å². The van der Waals surface area contributed by atoms with Crippen molar-refractivity contribution in [2.24, 2.45) is 0 Å². The van der Waals surface area contributed by atoms with E-state index in [1.54, 1.807) is 7.05 Å². The summed E-state index contributed by atoms with van der Waals surface area (Å²) in [6.07, 6.45) is 6.26. The van der Waals surface area contributed by atoms with E-state index < -0.39 is 0 Å². The van der Waals surface area contributed by atoms with E-state index in [-0.39, 0.29) is 0 Å². The van der Waals surface area contributed by atoms with Crippen LogP contribution in [0.1, 0.15) is 32.1 Å². The Morgan fingerprint density at radius 2 is 1.45 bits per heavy atom. The third-order valence-electron chi connectivity index (χ3n) is 4.26. The lowest BCUT2D eigenvalue weighted by atomic mass is 10.1. The minimum absolute atomic E-state index is 0.545. The van der Waals surface area contributed by atoms with Gasteiger partial charge < -0.3 is 20.4 Å². The van der Waals surface area contributed by atoms with Crippen LogP contribution in [0.15, 0.2) is 6.07 Å². The van der Waals surface area contributed by atoms with E-state index in [0.717, 1.165) is 37.8 Å². The monoisotopic (exact) mass is 320 g/mol. The molecule has 2 fully saturated rings. The molecule has 22 heavy (non-hydrogen) atoms. The zero-order valence-electron chi connectivity index (χ0n) is 13.1. The van der Waals surface area contributed by atoms with E-state index in [0.29, 0.717) is 11.1 Å². The van der Waals surface area contributed by atoms with Crippen LogP contribution >= 0.6 is 12.2 Å². The van der Waals surface area contributed by atoms with Crippen molar-refractivity contribution in [3.8, 4) is 0 Å². The molecule has 0 bridgehead atoms. The summed E-state index contributed by atoms with van der Waals surface area (Å²) in [5.41, 5.74) is 0. The van der Waals surface area contributed by atoms with Crippen LogP contribution in [0.2, 0.25) is 0 Å². The molecule has 7 heteroatoms. The Bertz CT molecular complexity index is 523. The van der Waals surface area contributed by atoms with Gasteiger partial charge in [0, 0.05) is 39.3 Å². The van der Waals surface area contributed by atoms with Gasteiger partial charge >= 0.3 is 0 Å². The van der Waals surface area contributed by atoms with E-state index in [4.69, 9.17) is 12.2 Å². The SMILES string of the molecule is CNC(=S)Nc1nc(N2CCCCC2)cc(N2CCCC2)n1. The fraction of sp³-hybridized carbons (Fsp3) is 0.667. The van der Waals surface area contributed by atoms with Crippen LogP contribution in [0.5, 0.6) is 0 Å². The summed E-state index contributed by atoms with van der Waals surface area (Å²) >= 11 is 5.19. The molecule has 0 atom stereocenters. The molecule has 120 valence electrons. The van der Waals surface area contributed by atoms with Gasteiger partial charge in [0.1, 0.15) is 11.6 Å². The molecule has 0 aromatic carbocycles. The molecule has 0 radical (unpaired) electrons. The van der Waals surface area contributed by atoms with E-state index in [9.17, 15) is 0 Å². The van der Waals surface area contributed by atoms with Crippen molar-refractivity contribution in [3.05, 3.63) is 6.07 Å². The van der Waals surface area contributed by atoms with Gasteiger partial charge in [-0.25, -0.2) is 0 Å². The normalized spacial score (nSPS) is 18.4. The first-order valence-corrected chi connectivity index (χ1v) is 8.55. The second-order valence-electron chi connectivity index (χ2n) is 5.85. The Balaban J connectivity index is 1.87. The molecule has 1 aromatic heterocycles. The lowest BCUT2D eigenvalue weighted by Gasteiger charge is -2.29. The highest BCUT2D eigenvalue weighted by Crippen LogP contribution is 2.26. The highest BCUT2D eigenvalue weighted by molar-refractivity contribution is 7.80. The first-order valence-electron chi connectivity index (χ1n) is 8.14. The molecule has 3 rings (SSSR count). The van der Waals surface area contributed by atoms with Crippen LogP contribution in [0, 0.1) is 0 Å². The van der Waals surface area contributed by atoms with Crippen LogP contribution < -0.4 is 20.4 Å². The number of rotatable bonds is 3. The Morgan fingerprint density at radius 3 is 1.95 bits per heavy atom. The summed E-state index contributed by atoms with van der Waals surface area (Å²) in [4.78, 5) is 14.0. The van der Waals surface area contributed by atoms with Crippen molar-refractivity contribution >= 4 is 34.9 Å². The summed E-state index contributed by atoms with van der Waals surface area (Å²) in [6.45, 7) is 4.30. The van der Waals surface area contributed by atoms with Crippen molar-refractivity contribution in [1.82, 2.24) is 15.3 Å². The molecule has 2 saturated heterocycles. The van der Waals surface area contributed by atoms with Gasteiger partial charge in [-0.05, 0) is 44.3 Å². The van der Waals surface area contributed by atoms with Crippen molar-refractivity contribution in [2.45, 2.75) is 32.1 Å². The van der Waals surface area contributed by atoms with Gasteiger partial charge in [-0.3, -0.25) is 0 Å². The largest absolute Gasteiger partial charge is 0.365 e. The highest BCUT2D eigenvalue weighted by Gasteiger charge is 2.19. The molecule has 0 amide bonds. The predicted molar refractivity (Wildman–Crippen MR) is 94.8 cm³/mol. The van der Waals surface area contributed by atoms with Gasteiger partial charge in [-0.15, -0.1) is 0 Å². The van der Waals surface area contributed by atoms with E-state index in [1.807, 2.05) is 0 Å². The number of aromatic nitrogens is 2. The number of thiocarbonyl (C=S) groups is 1. The fourth-order valence-corrected chi connectivity index (χ4v) is 3.13. The van der Waals surface area contributed by atoms with Crippen LogP contribution in [0.25, 0.3) is 0 Å². The third-order valence-corrected chi connectivity index (χ3v) is 4.57. The summed E-state index contributed by atoms with van der Waals surface area (Å²) in [5.74, 6) is 2.61. The molecule has 0 unspecified atom stereocenters. The second kappa shape index (κ2) is 7.09. The van der Waals surface area contributed by atoms with E-state index >= 15 is 0 Å². The van der Waals surface area contributed by atoms with Crippen LogP contribution in [0.3, 0.4) is 0 Å². The molecular formula is C15H24N6S. The van der Waals surface area contributed by atoms with Crippen molar-refractivity contribution in [1.29, 1.82) is 0 Å². The Hall–Kier alpha value is -1.63. The number of nitrogens with one attached hydrogen (secondary N) is 2. The average molecular weight is 320 g/mol. The average Bonchev–Trinajstić information content (AvgIpc) is 3.10. The van der Waals surface area contributed by atoms with Gasteiger partial charge in [0.15, 0.2) is 5.11 Å². The number of anilines is 3. The first-order chi connectivity index (χ1) is 10.8. The Morgan fingerprint density at radius 1 is 0.955 bits per heavy atom. The molecule has 1 aromatic rings. The van der Waals surface area contributed by atoms with Crippen LogP contribution in [-0.2, 0) is 0 Å². The topological polar surface area (TPSA) is 56.3 Å². The number of hydrogen-bond acceptors (Lipinski definition) is 5. The maximum Gasteiger partial charge on any atom is 0.232 e. The molecular weight excluding hydrogens is 296 g/mol. The quantitative estimate of drug-likeness (QED) is 0.826. The molecule has 6 nitrogen and oxygen atoms in total. The zero-order chi connectivity index (χ0) is 15.4. The summed E-state index contributed by atoms with van der Waals surface area (Å²) in [7, 11) is 1.80. The predicted octanol–water partition coefficient (Wildman–Crippen LogP) is 1.98. The Kier molecular flexibility index (Phi) is 4.92. The number of hydrogen-bond donors (Lipinski definition) is 2. The van der Waals surface area contributed by atoms with Gasteiger partial charge in [-0.1, -0.05) is 0 Å². The third kappa shape index (κ3) is 3.58. The molecule has 2 N–H and O–H groups in total. The molecule has 2 aliphatic heterocycles. The van der Waals surface area contributed by atoms with Crippen molar-refractivity contribution < 1.29 is 0 Å². The van der Waals surface area contributed by atoms with Crippen LogP contribution in [-0.4, -0.2) is 48.3 Å². The van der Waals surface area contributed by atoms with E-state index in [2.05, 4.69) is 36.5 Å². The maximum absolute atomic E-state index is 5.19. The number of piperidine rings is 1. The van der Waals surface area contributed by atoms with Gasteiger partial charge in [-0.2, -0.15) is 9.97 Å². The first kappa shape index (κ1) is 15.3. The standard InChI is InChI=1S/C15H24N6S/c1-16-15(22)19-14-17-12(20-7-3-2-4-8-20)11-13(18-14)21-9-5-6-10-21/h11H,2-10H2,1H3,(H2,16,17,18,19,22). The van der Waals surface area contributed by atoms with Crippen molar-refractivity contribution in [3.63, 3.8) is 0 Å². The van der Waals surface area contributed by atoms with Gasteiger partial charge in [0.05, 0.1) is 0 Å². The Labute approximate surface area is 137 Å². The summed E-state index contributed by atoms with van der Waals surface area (Å²) in [5, 5.41) is 6.54. The fourth-order valence-electron chi connectivity index (χ4n) is 3.04. The minimum Gasteiger partial charge on any atom is -0.365 e. The summed E-state index contributed by atoms with van der Waals surface area (Å²) < 4.78 is 0.